The van der Waals surface area contributed by atoms with Crippen LogP contribution in [0.15, 0.2) is 35.4 Å². The Kier molecular flexibility index (Phi) is 2.51. The van der Waals surface area contributed by atoms with Crippen molar-refractivity contribution in [3.8, 4) is 0 Å². The average Bonchev–Trinajstić information content (AvgIpc) is 2.22. The standard InChI is InChI=1S/C11H12N2O2/c1-8(14)6-13-7-12-10-5-3-2-4-9(10)11(13)15/h2-5,7-8,14H,6H2,1H3/t8-/m0/s1. The molecule has 4 nitrogen and oxygen atoms in total. The SMILES string of the molecule is C[C@H](O)Cn1cnc2ccccc2c1=O. The second-order valence-corrected chi connectivity index (χ2v) is 3.57. The van der Waals surface area contributed by atoms with E-state index < -0.39 is 6.10 Å². The van der Waals surface area contributed by atoms with E-state index in [0.717, 1.165) is 0 Å². The highest BCUT2D eigenvalue weighted by Crippen LogP contribution is 2.04. The summed E-state index contributed by atoms with van der Waals surface area (Å²) in [6.07, 6.45) is 0.919. The zero-order valence-corrected chi connectivity index (χ0v) is 8.42. The number of nitrogens with zero attached hydrogens (tertiary/aromatic N) is 2. The van der Waals surface area contributed by atoms with Gasteiger partial charge in [-0.15, -0.1) is 0 Å². The monoisotopic (exact) mass is 204 g/mol. The van der Waals surface area contributed by atoms with Gasteiger partial charge in [0.15, 0.2) is 0 Å². The normalized spacial score (nSPS) is 12.9. The van der Waals surface area contributed by atoms with Gasteiger partial charge in [-0.1, -0.05) is 12.1 Å². The van der Waals surface area contributed by atoms with Gasteiger partial charge in [0, 0.05) is 0 Å². The van der Waals surface area contributed by atoms with E-state index >= 15 is 0 Å². The molecule has 0 unspecified atom stereocenters. The molecule has 15 heavy (non-hydrogen) atoms. The first-order chi connectivity index (χ1) is 7.18. The Hall–Kier alpha value is -1.68. The minimum Gasteiger partial charge on any atom is -0.392 e. The van der Waals surface area contributed by atoms with Crippen LogP contribution in [-0.2, 0) is 6.54 Å². The van der Waals surface area contributed by atoms with E-state index in [-0.39, 0.29) is 12.1 Å². The maximum Gasteiger partial charge on any atom is 0.261 e. The summed E-state index contributed by atoms with van der Waals surface area (Å²) >= 11 is 0. The molecule has 2 rings (SSSR count). The van der Waals surface area contributed by atoms with Crippen molar-refractivity contribution in [2.45, 2.75) is 19.6 Å². The maximum atomic E-state index is 11.9. The fourth-order valence-electron chi connectivity index (χ4n) is 1.52. The van der Waals surface area contributed by atoms with Crippen LogP contribution in [0.3, 0.4) is 0 Å². The van der Waals surface area contributed by atoms with Crippen LogP contribution in [0.25, 0.3) is 10.9 Å². The minimum absolute atomic E-state index is 0.110. The van der Waals surface area contributed by atoms with Crippen molar-refractivity contribution in [2.75, 3.05) is 0 Å². The molecular formula is C11H12N2O2. The topological polar surface area (TPSA) is 55.1 Å². The zero-order valence-electron chi connectivity index (χ0n) is 8.42. The molecule has 1 aromatic carbocycles. The van der Waals surface area contributed by atoms with E-state index in [9.17, 15) is 9.90 Å². The highest BCUT2D eigenvalue weighted by Gasteiger charge is 2.04. The average molecular weight is 204 g/mol. The lowest BCUT2D eigenvalue weighted by atomic mass is 10.2. The molecule has 1 N–H and O–H groups in total. The molecule has 0 amide bonds. The maximum absolute atomic E-state index is 11.9. The van der Waals surface area contributed by atoms with E-state index in [1.807, 2.05) is 6.07 Å². The third kappa shape index (κ3) is 1.89. The van der Waals surface area contributed by atoms with Gasteiger partial charge in [-0.2, -0.15) is 0 Å². The van der Waals surface area contributed by atoms with Crippen molar-refractivity contribution in [2.24, 2.45) is 0 Å². The molecule has 0 saturated carbocycles. The molecule has 0 spiro atoms. The predicted molar refractivity (Wildman–Crippen MR) is 57.7 cm³/mol. The number of para-hydroxylation sites is 1. The summed E-state index contributed by atoms with van der Waals surface area (Å²) in [6.45, 7) is 1.91. The van der Waals surface area contributed by atoms with Crippen molar-refractivity contribution < 1.29 is 5.11 Å². The Morgan fingerprint density at radius 2 is 2.20 bits per heavy atom. The van der Waals surface area contributed by atoms with Crippen LogP contribution in [0.2, 0.25) is 0 Å². The number of fused-ring (bicyclic) bond motifs is 1. The quantitative estimate of drug-likeness (QED) is 0.786. The lowest BCUT2D eigenvalue weighted by Gasteiger charge is -2.07. The summed E-state index contributed by atoms with van der Waals surface area (Å²) < 4.78 is 1.42. The fourth-order valence-corrected chi connectivity index (χ4v) is 1.52. The summed E-state index contributed by atoms with van der Waals surface area (Å²) in [5.41, 5.74) is 0.575. The van der Waals surface area contributed by atoms with Gasteiger partial charge in [0.2, 0.25) is 0 Å². The summed E-state index contributed by atoms with van der Waals surface area (Å²) in [5.74, 6) is 0. The molecular weight excluding hydrogens is 192 g/mol. The highest BCUT2D eigenvalue weighted by molar-refractivity contribution is 5.76. The van der Waals surface area contributed by atoms with Gasteiger partial charge in [-0.3, -0.25) is 9.36 Å². The Bertz CT molecular complexity index is 531. The molecule has 2 aromatic rings. The smallest absolute Gasteiger partial charge is 0.261 e. The first-order valence-electron chi connectivity index (χ1n) is 4.81. The molecule has 1 atom stereocenters. The van der Waals surface area contributed by atoms with E-state index in [0.29, 0.717) is 10.9 Å². The van der Waals surface area contributed by atoms with Gasteiger partial charge in [-0.25, -0.2) is 4.98 Å². The minimum atomic E-state index is -0.550. The van der Waals surface area contributed by atoms with Crippen LogP contribution >= 0.6 is 0 Å². The van der Waals surface area contributed by atoms with Crippen molar-refractivity contribution in [1.29, 1.82) is 0 Å². The van der Waals surface area contributed by atoms with Gasteiger partial charge in [0.05, 0.1) is 29.9 Å². The number of hydrogen-bond donors (Lipinski definition) is 1. The molecule has 0 bridgehead atoms. The third-order valence-corrected chi connectivity index (χ3v) is 2.19. The van der Waals surface area contributed by atoms with Crippen LogP contribution in [0.5, 0.6) is 0 Å². The van der Waals surface area contributed by atoms with E-state index in [2.05, 4.69) is 4.98 Å². The molecule has 0 saturated heterocycles. The summed E-state index contributed by atoms with van der Waals surface area (Å²) in [6, 6.07) is 7.18. The van der Waals surface area contributed by atoms with Crippen molar-refractivity contribution in [3.05, 3.63) is 40.9 Å². The largest absolute Gasteiger partial charge is 0.392 e. The third-order valence-electron chi connectivity index (χ3n) is 2.19. The molecule has 78 valence electrons. The molecule has 4 heteroatoms. The lowest BCUT2D eigenvalue weighted by Crippen LogP contribution is -2.25. The zero-order chi connectivity index (χ0) is 10.8. The van der Waals surface area contributed by atoms with E-state index in [4.69, 9.17) is 0 Å². The molecule has 0 fully saturated rings. The molecule has 0 aliphatic carbocycles. The predicted octanol–water partition coefficient (Wildman–Crippen LogP) is 0.777. The number of aliphatic hydroxyl groups is 1. The Balaban J connectivity index is 2.60. The first-order valence-corrected chi connectivity index (χ1v) is 4.81. The van der Waals surface area contributed by atoms with E-state index in [1.165, 1.54) is 10.9 Å². The summed E-state index contributed by atoms with van der Waals surface area (Å²) in [4.78, 5) is 16.0. The number of rotatable bonds is 2. The van der Waals surface area contributed by atoms with Crippen LogP contribution < -0.4 is 5.56 Å². The van der Waals surface area contributed by atoms with Crippen LogP contribution in [0, 0.1) is 0 Å². The van der Waals surface area contributed by atoms with Crippen molar-refractivity contribution in [1.82, 2.24) is 9.55 Å². The number of aromatic nitrogens is 2. The molecule has 0 aliphatic heterocycles. The van der Waals surface area contributed by atoms with Gasteiger partial charge >= 0.3 is 0 Å². The van der Waals surface area contributed by atoms with Gasteiger partial charge < -0.3 is 5.11 Å². The summed E-state index contributed by atoms with van der Waals surface area (Å²) in [5, 5.41) is 9.80. The second kappa shape index (κ2) is 3.82. The Morgan fingerprint density at radius 1 is 1.47 bits per heavy atom. The number of aliphatic hydroxyl groups excluding tert-OH is 1. The fraction of sp³-hybridized carbons (Fsp3) is 0.273. The second-order valence-electron chi connectivity index (χ2n) is 3.57. The highest BCUT2D eigenvalue weighted by atomic mass is 16.3. The van der Waals surface area contributed by atoms with Crippen molar-refractivity contribution >= 4 is 10.9 Å². The van der Waals surface area contributed by atoms with Crippen LogP contribution in [0.1, 0.15) is 6.92 Å². The van der Waals surface area contributed by atoms with Gasteiger partial charge in [-0.05, 0) is 19.1 Å². The lowest BCUT2D eigenvalue weighted by molar-refractivity contribution is 0.172. The number of hydrogen-bond acceptors (Lipinski definition) is 3. The van der Waals surface area contributed by atoms with Gasteiger partial charge in [0.25, 0.3) is 5.56 Å². The van der Waals surface area contributed by atoms with Gasteiger partial charge in [0.1, 0.15) is 0 Å². The molecule has 0 radical (unpaired) electrons. The van der Waals surface area contributed by atoms with Crippen LogP contribution in [0.4, 0.5) is 0 Å². The van der Waals surface area contributed by atoms with Crippen LogP contribution in [-0.4, -0.2) is 20.8 Å². The molecule has 1 aromatic heterocycles. The van der Waals surface area contributed by atoms with Crippen molar-refractivity contribution in [3.63, 3.8) is 0 Å². The Labute approximate surface area is 86.8 Å². The van der Waals surface area contributed by atoms with E-state index in [1.54, 1.807) is 25.1 Å². The Morgan fingerprint density at radius 3 is 2.93 bits per heavy atom. The summed E-state index contributed by atoms with van der Waals surface area (Å²) in [7, 11) is 0. The first kappa shape index (κ1) is 9.86. The molecule has 0 aliphatic rings. The number of benzene rings is 1. The molecule has 1 heterocycles.